The summed E-state index contributed by atoms with van der Waals surface area (Å²) in [4.78, 5) is 13.1. The second-order valence-electron chi connectivity index (χ2n) is 8.58. The van der Waals surface area contributed by atoms with Crippen molar-refractivity contribution in [2.75, 3.05) is 32.4 Å². The van der Waals surface area contributed by atoms with Gasteiger partial charge in [-0.1, -0.05) is 55.4 Å². The molecule has 0 bridgehead atoms. The molecule has 0 N–H and O–H groups in total. The molecule has 0 aliphatic rings. The van der Waals surface area contributed by atoms with Crippen molar-refractivity contribution in [1.29, 1.82) is 0 Å². The van der Waals surface area contributed by atoms with E-state index in [0.717, 1.165) is 13.1 Å². The van der Waals surface area contributed by atoms with Crippen molar-refractivity contribution in [2.45, 2.75) is 62.3 Å². The topological polar surface area (TPSA) is 57.7 Å². The molecule has 25 heavy (non-hydrogen) atoms. The van der Waals surface area contributed by atoms with Crippen LogP contribution in [0.5, 0.6) is 0 Å². The van der Waals surface area contributed by atoms with Gasteiger partial charge in [-0.3, -0.25) is 4.79 Å². The summed E-state index contributed by atoms with van der Waals surface area (Å²) in [5.41, 5.74) is 0. The van der Waals surface area contributed by atoms with Crippen LogP contribution in [0.15, 0.2) is 0 Å². The Labute approximate surface area is 157 Å². The van der Waals surface area contributed by atoms with Gasteiger partial charge in [-0.15, -0.1) is 0 Å². The Bertz CT molecular complexity index is 437. The molecule has 0 unspecified atom stereocenters. The van der Waals surface area contributed by atoms with E-state index in [-0.39, 0.29) is 5.91 Å². The van der Waals surface area contributed by atoms with Crippen LogP contribution < -0.4 is 0 Å². The molecular formula is C19H42N2O3S. The highest BCUT2D eigenvalue weighted by Crippen LogP contribution is 2.07. The van der Waals surface area contributed by atoms with Crippen molar-refractivity contribution in [3.05, 3.63) is 0 Å². The SMILES string of the molecule is CC(=O)N(CC(C)C)CC(C)C.CC(C)CN(CC(C)C)S(C)(=O)=O. The van der Waals surface area contributed by atoms with Gasteiger partial charge in [0.1, 0.15) is 0 Å². The van der Waals surface area contributed by atoms with Crippen LogP contribution in [-0.2, 0) is 14.8 Å². The zero-order valence-corrected chi connectivity index (χ0v) is 19.0. The predicted octanol–water partition coefficient (Wildman–Crippen LogP) is 3.71. The zero-order chi connectivity index (χ0) is 20.4. The van der Waals surface area contributed by atoms with E-state index < -0.39 is 10.0 Å². The van der Waals surface area contributed by atoms with Crippen molar-refractivity contribution in [3.63, 3.8) is 0 Å². The van der Waals surface area contributed by atoms with E-state index in [1.165, 1.54) is 6.26 Å². The number of amides is 1. The average Bonchev–Trinajstić information content (AvgIpc) is 2.34. The first-order chi connectivity index (χ1) is 11.2. The quantitative estimate of drug-likeness (QED) is 0.614. The Morgan fingerprint density at radius 3 is 1.16 bits per heavy atom. The average molecular weight is 379 g/mol. The molecule has 152 valence electrons. The molecule has 0 heterocycles. The van der Waals surface area contributed by atoms with E-state index in [9.17, 15) is 13.2 Å². The van der Waals surface area contributed by atoms with Gasteiger partial charge in [-0.2, -0.15) is 0 Å². The van der Waals surface area contributed by atoms with Gasteiger partial charge in [0.25, 0.3) is 0 Å². The molecule has 0 aromatic rings. The number of carbonyl (C=O) groups excluding carboxylic acids is 1. The van der Waals surface area contributed by atoms with Gasteiger partial charge in [0, 0.05) is 33.1 Å². The maximum absolute atomic E-state index is 11.3. The lowest BCUT2D eigenvalue weighted by atomic mass is 10.1. The summed E-state index contributed by atoms with van der Waals surface area (Å²) in [5, 5.41) is 0. The molecule has 0 rings (SSSR count). The minimum absolute atomic E-state index is 0.192. The molecule has 6 heteroatoms. The van der Waals surface area contributed by atoms with E-state index in [2.05, 4.69) is 27.7 Å². The third kappa shape index (κ3) is 16.6. The van der Waals surface area contributed by atoms with E-state index >= 15 is 0 Å². The molecule has 0 spiro atoms. The number of carbonyl (C=O) groups is 1. The van der Waals surface area contributed by atoms with Gasteiger partial charge in [0.2, 0.25) is 15.9 Å². The van der Waals surface area contributed by atoms with Crippen molar-refractivity contribution >= 4 is 15.9 Å². The second-order valence-corrected chi connectivity index (χ2v) is 10.6. The Kier molecular flexibility index (Phi) is 13.5. The number of nitrogens with zero attached hydrogens (tertiary/aromatic N) is 2. The first kappa shape index (κ1) is 26.6. The van der Waals surface area contributed by atoms with Crippen LogP contribution in [0.25, 0.3) is 0 Å². The smallest absolute Gasteiger partial charge is 0.219 e. The van der Waals surface area contributed by atoms with Crippen molar-refractivity contribution in [1.82, 2.24) is 9.21 Å². The molecule has 0 aromatic heterocycles. The molecule has 0 aliphatic heterocycles. The number of hydrogen-bond acceptors (Lipinski definition) is 3. The van der Waals surface area contributed by atoms with Crippen LogP contribution in [0.3, 0.4) is 0 Å². The molecule has 0 atom stereocenters. The summed E-state index contributed by atoms with van der Waals surface area (Å²) < 4.78 is 24.2. The van der Waals surface area contributed by atoms with Gasteiger partial charge in [-0.25, -0.2) is 12.7 Å². The summed E-state index contributed by atoms with van der Waals surface area (Å²) in [7, 11) is -3.02. The van der Waals surface area contributed by atoms with Crippen molar-refractivity contribution in [2.24, 2.45) is 23.7 Å². The van der Waals surface area contributed by atoms with Crippen molar-refractivity contribution < 1.29 is 13.2 Å². The van der Waals surface area contributed by atoms with Gasteiger partial charge >= 0.3 is 0 Å². The highest BCUT2D eigenvalue weighted by Gasteiger charge is 2.18. The third-order valence-corrected chi connectivity index (χ3v) is 4.46. The Morgan fingerprint density at radius 2 is 1.00 bits per heavy atom. The van der Waals surface area contributed by atoms with Crippen LogP contribution in [0, 0.1) is 23.7 Å². The van der Waals surface area contributed by atoms with E-state index in [4.69, 9.17) is 0 Å². The molecule has 0 saturated heterocycles. The molecular weight excluding hydrogens is 336 g/mol. The predicted molar refractivity (Wildman–Crippen MR) is 108 cm³/mol. The molecule has 1 amide bonds. The van der Waals surface area contributed by atoms with E-state index in [1.807, 2.05) is 32.6 Å². The lowest BCUT2D eigenvalue weighted by molar-refractivity contribution is -0.129. The maximum Gasteiger partial charge on any atom is 0.219 e. The number of sulfonamides is 1. The summed E-state index contributed by atoms with van der Waals surface area (Å²) >= 11 is 0. The first-order valence-corrected chi connectivity index (χ1v) is 11.2. The monoisotopic (exact) mass is 378 g/mol. The number of rotatable bonds is 9. The third-order valence-electron chi connectivity index (χ3n) is 3.22. The van der Waals surface area contributed by atoms with Gasteiger partial charge in [0.05, 0.1) is 6.26 Å². The normalized spacial score (nSPS) is 12.1. The fraction of sp³-hybridized carbons (Fsp3) is 0.947. The molecule has 0 fully saturated rings. The summed E-state index contributed by atoms with van der Waals surface area (Å²) in [6.07, 6.45) is 1.28. The zero-order valence-electron chi connectivity index (χ0n) is 18.2. The van der Waals surface area contributed by atoms with E-state index in [1.54, 1.807) is 11.2 Å². The molecule has 0 radical (unpaired) electrons. The molecule has 5 nitrogen and oxygen atoms in total. The van der Waals surface area contributed by atoms with Crippen LogP contribution >= 0.6 is 0 Å². The highest BCUT2D eigenvalue weighted by atomic mass is 32.2. The first-order valence-electron chi connectivity index (χ1n) is 9.37. The number of hydrogen-bond donors (Lipinski definition) is 0. The highest BCUT2D eigenvalue weighted by molar-refractivity contribution is 7.88. The van der Waals surface area contributed by atoms with Crippen LogP contribution in [0.1, 0.15) is 62.3 Å². The van der Waals surface area contributed by atoms with Crippen LogP contribution in [-0.4, -0.2) is 56.0 Å². The summed E-state index contributed by atoms with van der Waals surface area (Å²) in [6.45, 7) is 21.3. The fourth-order valence-corrected chi connectivity index (χ4v) is 3.51. The minimum atomic E-state index is -3.02. The summed E-state index contributed by atoms with van der Waals surface area (Å²) in [5.74, 6) is 2.08. The fourth-order valence-electron chi connectivity index (χ4n) is 2.37. The maximum atomic E-state index is 11.3. The lowest BCUT2D eigenvalue weighted by Gasteiger charge is -2.24. The Hall–Kier alpha value is -0.620. The Balaban J connectivity index is 0. The van der Waals surface area contributed by atoms with Gasteiger partial charge in [0.15, 0.2) is 0 Å². The standard InChI is InChI=1S/C10H21NO.C9H21NO2S/c1-8(2)6-11(10(5)12)7-9(3)4;1-8(2)6-10(7-9(3)4)13(5,11)12/h8-9H,6-7H2,1-5H3;8-9H,6-7H2,1-5H3. The van der Waals surface area contributed by atoms with Crippen LogP contribution in [0.2, 0.25) is 0 Å². The molecule has 0 saturated carbocycles. The molecule has 0 aromatic carbocycles. The van der Waals surface area contributed by atoms with Gasteiger partial charge in [-0.05, 0) is 23.7 Å². The second kappa shape index (κ2) is 12.7. The van der Waals surface area contributed by atoms with E-state index in [0.29, 0.717) is 36.8 Å². The largest absolute Gasteiger partial charge is 0.342 e. The van der Waals surface area contributed by atoms with Gasteiger partial charge < -0.3 is 4.90 Å². The Morgan fingerprint density at radius 1 is 0.720 bits per heavy atom. The minimum Gasteiger partial charge on any atom is -0.342 e. The van der Waals surface area contributed by atoms with Crippen molar-refractivity contribution in [3.8, 4) is 0 Å². The summed E-state index contributed by atoms with van der Waals surface area (Å²) in [6, 6.07) is 0. The molecule has 0 aliphatic carbocycles. The van der Waals surface area contributed by atoms with Crippen LogP contribution in [0.4, 0.5) is 0 Å². The lowest BCUT2D eigenvalue weighted by Crippen LogP contribution is -2.36.